The first-order valence-corrected chi connectivity index (χ1v) is 6.25. The number of carboxylic acids is 1. The summed E-state index contributed by atoms with van der Waals surface area (Å²) >= 11 is 6.74. The van der Waals surface area contributed by atoms with E-state index < -0.39 is 29.3 Å². The van der Waals surface area contributed by atoms with Crippen molar-refractivity contribution in [2.45, 2.75) is 6.10 Å². The van der Waals surface area contributed by atoms with Crippen LogP contribution in [0.25, 0.3) is 0 Å². The average Bonchev–Trinajstić information content (AvgIpc) is 2.77. The van der Waals surface area contributed by atoms with E-state index in [2.05, 4.69) is 0 Å². The molecule has 1 aromatic heterocycles. The third-order valence-corrected chi connectivity index (χ3v) is 3.76. The first-order chi connectivity index (χ1) is 8.90. The molecule has 1 atom stereocenters. The molecular weight excluding hydrogens is 298 g/mol. The summed E-state index contributed by atoms with van der Waals surface area (Å²) in [5.74, 6) is -3.95. The molecule has 3 nitrogen and oxygen atoms in total. The second kappa shape index (κ2) is 5.24. The van der Waals surface area contributed by atoms with Crippen molar-refractivity contribution in [2.24, 2.45) is 0 Å². The van der Waals surface area contributed by atoms with Crippen molar-refractivity contribution in [1.29, 1.82) is 0 Å². The summed E-state index contributed by atoms with van der Waals surface area (Å²) in [6.07, 6.45) is -1.38. The molecule has 19 heavy (non-hydrogen) atoms. The number of hydrogen-bond donors (Lipinski definition) is 2. The van der Waals surface area contributed by atoms with Crippen LogP contribution in [-0.4, -0.2) is 16.2 Å². The van der Waals surface area contributed by atoms with E-state index in [0.717, 1.165) is 11.3 Å². The fraction of sp³-hybridized carbons (Fsp3) is 0.0833. The SMILES string of the molecule is O=C(O)c1cc(F)c(F)cc1C(O)c1ccc(Cl)s1. The molecule has 0 fully saturated rings. The van der Waals surface area contributed by atoms with Gasteiger partial charge in [0.15, 0.2) is 11.6 Å². The number of aromatic carboxylic acids is 1. The third-order valence-electron chi connectivity index (χ3n) is 2.48. The number of rotatable bonds is 3. The van der Waals surface area contributed by atoms with Gasteiger partial charge in [0.1, 0.15) is 6.10 Å². The first kappa shape index (κ1) is 13.9. The summed E-state index contributed by atoms with van der Waals surface area (Å²) in [5, 5.41) is 19.0. The number of aliphatic hydroxyl groups excluding tert-OH is 1. The highest BCUT2D eigenvalue weighted by molar-refractivity contribution is 7.16. The lowest BCUT2D eigenvalue weighted by molar-refractivity contribution is 0.0690. The molecule has 0 aliphatic carbocycles. The highest BCUT2D eigenvalue weighted by Crippen LogP contribution is 2.33. The van der Waals surface area contributed by atoms with E-state index in [9.17, 15) is 18.7 Å². The third kappa shape index (κ3) is 2.75. The predicted octanol–water partition coefficient (Wildman–Crippen LogP) is 3.46. The summed E-state index contributed by atoms with van der Waals surface area (Å²) < 4.78 is 26.7. The topological polar surface area (TPSA) is 57.5 Å². The van der Waals surface area contributed by atoms with Gasteiger partial charge in [-0.25, -0.2) is 13.6 Å². The number of benzene rings is 1. The molecule has 7 heteroatoms. The standard InChI is InChI=1S/C12H7ClF2O3S/c13-10-2-1-9(19-10)11(16)5-3-7(14)8(15)4-6(5)12(17)18/h1-4,11,16H,(H,17,18). The smallest absolute Gasteiger partial charge is 0.336 e. The van der Waals surface area contributed by atoms with E-state index in [1.54, 1.807) is 0 Å². The van der Waals surface area contributed by atoms with Gasteiger partial charge in [0.2, 0.25) is 0 Å². The van der Waals surface area contributed by atoms with Gasteiger partial charge in [0.05, 0.1) is 9.90 Å². The van der Waals surface area contributed by atoms with Gasteiger partial charge in [-0.15, -0.1) is 11.3 Å². The minimum atomic E-state index is -1.45. The summed E-state index contributed by atoms with van der Waals surface area (Å²) in [6, 6.07) is 4.23. The molecule has 1 unspecified atom stereocenters. The summed E-state index contributed by atoms with van der Waals surface area (Å²) in [5.41, 5.74) is -0.708. The van der Waals surface area contributed by atoms with Crippen molar-refractivity contribution < 1.29 is 23.8 Å². The number of aliphatic hydroxyl groups is 1. The van der Waals surface area contributed by atoms with Crippen LogP contribution < -0.4 is 0 Å². The number of halogens is 3. The zero-order valence-electron chi connectivity index (χ0n) is 9.23. The van der Waals surface area contributed by atoms with Crippen molar-refractivity contribution in [3.05, 3.63) is 56.2 Å². The fourth-order valence-corrected chi connectivity index (χ4v) is 2.67. The molecule has 2 rings (SSSR count). The van der Waals surface area contributed by atoms with Crippen LogP contribution in [0.3, 0.4) is 0 Å². The van der Waals surface area contributed by atoms with Crippen LogP contribution in [0.4, 0.5) is 8.78 Å². The maximum atomic E-state index is 13.2. The largest absolute Gasteiger partial charge is 0.478 e. The molecule has 0 radical (unpaired) electrons. The van der Waals surface area contributed by atoms with Crippen molar-refractivity contribution in [1.82, 2.24) is 0 Å². The number of carboxylic acid groups (broad SMARTS) is 1. The number of hydrogen-bond acceptors (Lipinski definition) is 3. The molecular formula is C12H7ClF2O3S. The lowest BCUT2D eigenvalue weighted by Crippen LogP contribution is -2.09. The predicted molar refractivity (Wildman–Crippen MR) is 66.7 cm³/mol. The Bertz CT molecular complexity index is 642. The minimum Gasteiger partial charge on any atom is -0.478 e. The molecule has 0 bridgehead atoms. The van der Waals surface area contributed by atoms with Gasteiger partial charge in [0, 0.05) is 10.4 Å². The zero-order valence-corrected chi connectivity index (χ0v) is 10.8. The first-order valence-electron chi connectivity index (χ1n) is 5.05. The van der Waals surface area contributed by atoms with Gasteiger partial charge in [0.25, 0.3) is 0 Å². The second-order valence-corrected chi connectivity index (χ2v) is 5.45. The Kier molecular flexibility index (Phi) is 3.84. The summed E-state index contributed by atoms with van der Waals surface area (Å²) in [6.45, 7) is 0. The Morgan fingerprint density at radius 2 is 1.89 bits per heavy atom. The molecule has 0 spiro atoms. The van der Waals surface area contributed by atoms with Crippen LogP contribution in [0.1, 0.15) is 26.9 Å². The van der Waals surface area contributed by atoms with Gasteiger partial charge in [-0.05, 0) is 24.3 Å². The van der Waals surface area contributed by atoms with Crippen molar-refractivity contribution in [3.8, 4) is 0 Å². The van der Waals surface area contributed by atoms with Crippen LogP contribution in [0, 0.1) is 11.6 Å². The molecule has 100 valence electrons. The van der Waals surface area contributed by atoms with Gasteiger partial charge in [-0.3, -0.25) is 0 Å². The van der Waals surface area contributed by atoms with Crippen molar-refractivity contribution >= 4 is 28.9 Å². The number of thiophene rings is 1. The molecule has 1 aromatic carbocycles. The number of carbonyl (C=O) groups is 1. The Hall–Kier alpha value is -1.50. The van der Waals surface area contributed by atoms with Crippen LogP contribution in [0.15, 0.2) is 24.3 Å². The second-order valence-electron chi connectivity index (χ2n) is 3.70. The molecule has 0 saturated heterocycles. The van der Waals surface area contributed by atoms with Crippen LogP contribution >= 0.6 is 22.9 Å². The molecule has 0 aliphatic rings. The molecule has 1 heterocycles. The van der Waals surface area contributed by atoms with Crippen LogP contribution in [-0.2, 0) is 0 Å². The Morgan fingerprint density at radius 1 is 1.26 bits per heavy atom. The normalized spacial score (nSPS) is 12.4. The van der Waals surface area contributed by atoms with Crippen molar-refractivity contribution in [2.75, 3.05) is 0 Å². The lowest BCUT2D eigenvalue weighted by atomic mass is 10.0. The molecule has 2 N–H and O–H groups in total. The maximum Gasteiger partial charge on any atom is 0.336 e. The Labute approximate surface area is 115 Å². The molecule has 0 aliphatic heterocycles. The van der Waals surface area contributed by atoms with E-state index in [1.165, 1.54) is 12.1 Å². The Morgan fingerprint density at radius 3 is 2.42 bits per heavy atom. The quantitative estimate of drug-likeness (QED) is 0.913. The highest BCUT2D eigenvalue weighted by Gasteiger charge is 2.22. The maximum absolute atomic E-state index is 13.2. The summed E-state index contributed by atoms with van der Waals surface area (Å²) in [4.78, 5) is 11.3. The Balaban J connectivity index is 2.54. The molecule has 0 saturated carbocycles. The van der Waals surface area contributed by atoms with E-state index in [1.807, 2.05) is 0 Å². The van der Waals surface area contributed by atoms with E-state index in [4.69, 9.17) is 16.7 Å². The van der Waals surface area contributed by atoms with Crippen LogP contribution in [0.2, 0.25) is 4.34 Å². The van der Waals surface area contributed by atoms with E-state index >= 15 is 0 Å². The van der Waals surface area contributed by atoms with Crippen molar-refractivity contribution in [3.63, 3.8) is 0 Å². The molecule has 2 aromatic rings. The highest BCUT2D eigenvalue weighted by atomic mass is 35.5. The van der Waals surface area contributed by atoms with Gasteiger partial charge < -0.3 is 10.2 Å². The van der Waals surface area contributed by atoms with E-state index in [0.29, 0.717) is 21.3 Å². The van der Waals surface area contributed by atoms with Crippen LogP contribution in [0.5, 0.6) is 0 Å². The van der Waals surface area contributed by atoms with E-state index in [-0.39, 0.29) is 5.56 Å². The summed E-state index contributed by atoms with van der Waals surface area (Å²) in [7, 11) is 0. The average molecular weight is 305 g/mol. The lowest BCUT2D eigenvalue weighted by Gasteiger charge is -2.12. The fourth-order valence-electron chi connectivity index (χ4n) is 1.60. The zero-order chi connectivity index (χ0) is 14.2. The van der Waals surface area contributed by atoms with Gasteiger partial charge >= 0.3 is 5.97 Å². The molecule has 0 amide bonds. The van der Waals surface area contributed by atoms with Gasteiger partial charge in [-0.1, -0.05) is 11.6 Å². The monoisotopic (exact) mass is 304 g/mol. The minimum absolute atomic E-state index is 0.218. The van der Waals surface area contributed by atoms with Gasteiger partial charge in [-0.2, -0.15) is 0 Å².